The van der Waals surface area contributed by atoms with Crippen molar-refractivity contribution in [1.82, 2.24) is 4.98 Å². The zero-order valence-corrected chi connectivity index (χ0v) is 13.7. The summed E-state index contributed by atoms with van der Waals surface area (Å²) in [6, 6.07) is 20.8. The van der Waals surface area contributed by atoms with Gasteiger partial charge in [-0.3, -0.25) is 9.69 Å². The number of nitrogens with zero attached hydrogens (tertiary/aromatic N) is 2. The van der Waals surface area contributed by atoms with Crippen LogP contribution in [-0.4, -0.2) is 18.0 Å². The van der Waals surface area contributed by atoms with Gasteiger partial charge in [-0.1, -0.05) is 30.3 Å². The smallest absolute Gasteiger partial charge is 0.261 e. The molecule has 2 aromatic carbocycles. The van der Waals surface area contributed by atoms with Gasteiger partial charge in [0.25, 0.3) is 5.91 Å². The monoisotopic (exact) mass is 331 g/mol. The van der Waals surface area contributed by atoms with Gasteiger partial charge in [-0.2, -0.15) is 0 Å². The van der Waals surface area contributed by atoms with E-state index in [2.05, 4.69) is 10.3 Å². The van der Waals surface area contributed by atoms with Crippen LogP contribution >= 0.6 is 0 Å². The number of aromatic nitrogens is 1. The molecular weight excluding hydrogens is 314 g/mol. The first kappa shape index (κ1) is 15.2. The molecule has 0 unspecified atom stereocenters. The Morgan fingerprint density at radius 3 is 2.68 bits per heavy atom. The molecule has 0 saturated carbocycles. The van der Waals surface area contributed by atoms with Crippen LogP contribution in [0.25, 0.3) is 0 Å². The third-order valence-corrected chi connectivity index (χ3v) is 4.23. The molecule has 124 valence electrons. The third-order valence-electron chi connectivity index (χ3n) is 4.23. The molecule has 3 aromatic rings. The van der Waals surface area contributed by atoms with E-state index in [4.69, 9.17) is 4.74 Å². The van der Waals surface area contributed by atoms with Gasteiger partial charge < -0.3 is 10.1 Å². The highest BCUT2D eigenvalue weighted by Crippen LogP contribution is 2.37. The van der Waals surface area contributed by atoms with Gasteiger partial charge in [-0.05, 0) is 30.3 Å². The predicted octanol–water partition coefficient (Wildman–Crippen LogP) is 3.86. The van der Waals surface area contributed by atoms with Crippen LogP contribution in [0.4, 0.5) is 11.5 Å². The Bertz CT molecular complexity index is 912. The average Bonchev–Trinajstić information content (AvgIpc) is 2.95. The lowest BCUT2D eigenvalue weighted by atomic mass is 10.1. The van der Waals surface area contributed by atoms with Crippen LogP contribution in [0.2, 0.25) is 0 Å². The molecule has 0 saturated heterocycles. The summed E-state index contributed by atoms with van der Waals surface area (Å²) in [6.45, 7) is 0. The van der Waals surface area contributed by atoms with Gasteiger partial charge >= 0.3 is 0 Å². The summed E-state index contributed by atoms with van der Waals surface area (Å²) in [5.74, 6) is 1.31. The molecular formula is C20H17N3O2. The number of nitrogens with one attached hydrogen (secondary N) is 1. The van der Waals surface area contributed by atoms with Gasteiger partial charge in [-0.25, -0.2) is 4.98 Å². The Kier molecular flexibility index (Phi) is 3.82. The van der Waals surface area contributed by atoms with E-state index in [0.717, 1.165) is 17.0 Å². The van der Waals surface area contributed by atoms with Crippen LogP contribution in [-0.2, 0) is 0 Å². The van der Waals surface area contributed by atoms with Crippen molar-refractivity contribution in [2.45, 2.75) is 6.17 Å². The highest BCUT2D eigenvalue weighted by atomic mass is 16.5. The van der Waals surface area contributed by atoms with E-state index in [0.29, 0.717) is 11.4 Å². The van der Waals surface area contributed by atoms with E-state index in [1.54, 1.807) is 18.2 Å². The zero-order chi connectivity index (χ0) is 17.2. The first-order valence-corrected chi connectivity index (χ1v) is 8.02. The molecule has 1 N–H and O–H groups in total. The van der Waals surface area contributed by atoms with Gasteiger partial charge in [0.05, 0.1) is 7.11 Å². The molecule has 1 amide bonds. The second-order valence-electron chi connectivity index (χ2n) is 5.73. The molecule has 0 bridgehead atoms. The van der Waals surface area contributed by atoms with Gasteiger partial charge in [0.15, 0.2) is 0 Å². The Hall–Kier alpha value is -3.34. The second kappa shape index (κ2) is 6.28. The molecule has 1 aliphatic rings. The summed E-state index contributed by atoms with van der Waals surface area (Å²) < 4.78 is 5.29. The molecule has 25 heavy (non-hydrogen) atoms. The molecule has 4 rings (SSSR count). The summed E-state index contributed by atoms with van der Waals surface area (Å²) in [4.78, 5) is 19.0. The molecule has 0 aliphatic carbocycles. The van der Waals surface area contributed by atoms with Crippen molar-refractivity contribution in [2.75, 3.05) is 17.3 Å². The number of hydrogen-bond acceptors (Lipinski definition) is 4. The van der Waals surface area contributed by atoms with E-state index in [9.17, 15) is 4.79 Å². The maximum absolute atomic E-state index is 12.9. The number of pyridine rings is 1. The lowest BCUT2D eigenvalue weighted by molar-refractivity contribution is 0.0992. The number of fused-ring (bicyclic) bond motifs is 1. The Labute approximate surface area is 145 Å². The minimum absolute atomic E-state index is 0.0605. The zero-order valence-electron chi connectivity index (χ0n) is 13.7. The maximum Gasteiger partial charge on any atom is 0.261 e. The third kappa shape index (κ3) is 2.70. The molecule has 1 aliphatic heterocycles. The summed E-state index contributed by atoms with van der Waals surface area (Å²) in [7, 11) is 1.63. The first-order valence-electron chi connectivity index (χ1n) is 8.02. The standard InChI is InChI=1S/C20H17N3O2/c1-25-15-8-6-7-14(13-15)22-19-16-9-2-3-10-17(16)20(24)23(19)18-11-4-5-12-21-18/h2-13,19,22H,1H3/t19-/m1/s1. The predicted molar refractivity (Wildman–Crippen MR) is 96.8 cm³/mol. The fourth-order valence-electron chi connectivity index (χ4n) is 3.06. The SMILES string of the molecule is COc1cccc(N[C@H]2c3ccccc3C(=O)N2c2ccccn2)c1. The van der Waals surface area contributed by atoms with Crippen molar-refractivity contribution >= 4 is 17.4 Å². The minimum Gasteiger partial charge on any atom is -0.497 e. The van der Waals surface area contributed by atoms with E-state index < -0.39 is 0 Å². The highest BCUT2D eigenvalue weighted by Gasteiger charge is 2.38. The van der Waals surface area contributed by atoms with Crippen molar-refractivity contribution < 1.29 is 9.53 Å². The van der Waals surface area contributed by atoms with Crippen molar-refractivity contribution in [1.29, 1.82) is 0 Å². The number of carbonyl (C=O) groups excluding carboxylic acids is 1. The van der Waals surface area contributed by atoms with Crippen LogP contribution in [0.15, 0.2) is 72.9 Å². The Balaban J connectivity index is 1.77. The fourth-order valence-corrected chi connectivity index (χ4v) is 3.06. The quantitative estimate of drug-likeness (QED) is 0.789. The van der Waals surface area contributed by atoms with Crippen molar-refractivity contribution in [2.24, 2.45) is 0 Å². The van der Waals surface area contributed by atoms with Gasteiger partial charge in [0.1, 0.15) is 17.7 Å². The maximum atomic E-state index is 12.9. The molecule has 5 nitrogen and oxygen atoms in total. The van der Waals surface area contributed by atoms with Crippen LogP contribution in [0.5, 0.6) is 5.75 Å². The van der Waals surface area contributed by atoms with Crippen LogP contribution in [0, 0.1) is 0 Å². The molecule has 2 heterocycles. The molecule has 1 atom stereocenters. The number of methoxy groups -OCH3 is 1. The van der Waals surface area contributed by atoms with Crippen molar-refractivity contribution in [3.63, 3.8) is 0 Å². The normalized spacial score (nSPS) is 15.8. The topological polar surface area (TPSA) is 54.5 Å². The summed E-state index contributed by atoms with van der Waals surface area (Å²) in [6.07, 6.45) is 1.36. The van der Waals surface area contributed by atoms with E-state index in [1.807, 2.05) is 66.7 Å². The van der Waals surface area contributed by atoms with Crippen LogP contribution in [0.1, 0.15) is 22.1 Å². The summed E-state index contributed by atoms with van der Waals surface area (Å²) in [5.41, 5.74) is 2.49. The number of rotatable bonds is 4. The van der Waals surface area contributed by atoms with Gasteiger partial charge in [0, 0.05) is 29.1 Å². The first-order chi connectivity index (χ1) is 12.3. The number of hydrogen-bond donors (Lipinski definition) is 1. The van der Waals surface area contributed by atoms with E-state index >= 15 is 0 Å². The number of carbonyl (C=O) groups is 1. The highest BCUT2D eigenvalue weighted by molar-refractivity contribution is 6.10. The van der Waals surface area contributed by atoms with Crippen molar-refractivity contribution in [3.8, 4) is 5.75 Å². The number of anilines is 2. The second-order valence-corrected chi connectivity index (χ2v) is 5.73. The molecule has 0 spiro atoms. The Morgan fingerprint density at radius 2 is 1.88 bits per heavy atom. The van der Waals surface area contributed by atoms with Gasteiger partial charge in [0.2, 0.25) is 0 Å². The number of benzene rings is 2. The summed E-state index contributed by atoms with van der Waals surface area (Å²) >= 11 is 0. The number of ether oxygens (including phenoxy) is 1. The molecule has 0 radical (unpaired) electrons. The molecule has 1 aromatic heterocycles. The fraction of sp³-hybridized carbons (Fsp3) is 0.100. The minimum atomic E-state index is -0.328. The molecule has 0 fully saturated rings. The number of amides is 1. The van der Waals surface area contributed by atoms with Crippen LogP contribution < -0.4 is 15.0 Å². The Morgan fingerprint density at radius 1 is 1.04 bits per heavy atom. The van der Waals surface area contributed by atoms with E-state index in [-0.39, 0.29) is 12.1 Å². The van der Waals surface area contributed by atoms with Gasteiger partial charge in [-0.15, -0.1) is 0 Å². The lowest BCUT2D eigenvalue weighted by Crippen LogP contribution is -2.32. The van der Waals surface area contributed by atoms with Crippen molar-refractivity contribution in [3.05, 3.63) is 84.1 Å². The molecule has 5 heteroatoms. The van der Waals surface area contributed by atoms with E-state index in [1.165, 1.54) is 0 Å². The average molecular weight is 331 g/mol. The largest absolute Gasteiger partial charge is 0.497 e. The van der Waals surface area contributed by atoms with Crippen LogP contribution in [0.3, 0.4) is 0 Å². The lowest BCUT2D eigenvalue weighted by Gasteiger charge is -2.26. The summed E-state index contributed by atoms with van der Waals surface area (Å²) in [5, 5.41) is 3.44.